The van der Waals surface area contributed by atoms with Crippen LogP contribution in [0.1, 0.15) is 20.7 Å². The quantitative estimate of drug-likeness (QED) is 0.380. The van der Waals surface area contributed by atoms with Gasteiger partial charge in [-0.1, -0.05) is 12.1 Å². The van der Waals surface area contributed by atoms with Crippen molar-refractivity contribution < 1.29 is 41.8 Å². The van der Waals surface area contributed by atoms with Crippen LogP contribution in [0.25, 0.3) is 0 Å². The number of nitrogens with one attached hydrogen (secondary N) is 2. The number of carbonyl (C=O) groups excluding carboxylic acids is 4. The van der Waals surface area contributed by atoms with Crippen molar-refractivity contribution in [2.24, 2.45) is 0 Å². The average Bonchev–Trinajstić information content (AvgIpc) is 2.76. The Bertz CT molecular complexity index is 1110. The molecule has 32 heavy (non-hydrogen) atoms. The van der Waals surface area contributed by atoms with E-state index in [0.29, 0.717) is 11.4 Å². The summed E-state index contributed by atoms with van der Waals surface area (Å²) >= 11 is 0. The average molecular weight is 448 g/mol. The number of Topliss-reactive ketones (excluding diaryl/α,β-unsaturated/α-hetero) is 1. The van der Waals surface area contributed by atoms with E-state index in [1.54, 1.807) is 0 Å². The Balaban J connectivity index is 1.64. The molecule has 0 spiro atoms. The van der Waals surface area contributed by atoms with Crippen molar-refractivity contribution in [2.45, 2.75) is 6.18 Å². The second-order valence-electron chi connectivity index (χ2n) is 6.43. The van der Waals surface area contributed by atoms with E-state index in [0.717, 1.165) is 6.20 Å². The van der Waals surface area contributed by atoms with E-state index >= 15 is 0 Å². The predicted molar refractivity (Wildman–Crippen MR) is 105 cm³/mol. The number of alkyl halides is 3. The zero-order valence-electron chi connectivity index (χ0n) is 16.2. The molecule has 2 N–H and O–H groups in total. The number of halogens is 3. The van der Waals surface area contributed by atoms with Crippen molar-refractivity contribution in [3.8, 4) is 5.75 Å². The molecular formula is C21H15F3N2O6. The number of ether oxygens (including phenoxy) is 2. The van der Waals surface area contributed by atoms with E-state index < -0.39 is 30.3 Å². The second-order valence-corrected chi connectivity index (χ2v) is 6.43. The Labute approximate surface area is 179 Å². The van der Waals surface area contributed by atoms with Crippen molar-refractivity contribution in [1.82, 2.24) is 0 Å². The van der Waals surface area contributed by atoms with Crippen LogP contribution in [0.15, 0.2) is 54.7 Å². The number of hydrogen-bond acceptors (Lipinski definition) is 7. The molecule has 11 heteroatoms. The van der Waals surface area contributed by atoms with Gasteiger partial charge in [-0.15, -0.1) is 0 Å². The molecule has 0 atom stereocenters. The first-order valence-corrected chi connectivity index (χ1v) is 9.05. The smallest absolute Gasteiger partial charge is 0.454 e. The lowest BCUT2D eigenvalue weighted by molar-refractivity contribution is -0.165. The molecular weight excluding hydrogens is 433 g/mol. The van der Waals surface area contributed by atoms with Gasteiger partial charge in [-0.3, -0.25) is 14.4 Å². The highest BCUT2D eigenvalue weighted by Crippen LogP contribution is 2.28. The number of para-hydroxylation sites is 1. The second kappa shape index (κ2) is 9.33. The lowest BCUT2D eigenvalue weighted by Gasteiger charge is -2.18. The molecule has 1 heterocycles. The molecule has 0 radical (unpaired) electrons. The number of benzene rings is 2. The summed E-state index contributed by atoms with van der Waals surface area (Å²) in [5, 5.41) is 4.97. The van der Waals surface area contributed by atoms with Gasteiger partial charge in [0.15, 0.2) is 19.0 Å². The van der Waals surface area contributed by atoms with Crippen LogP contribution in [0.4, 0.5) is 24.5 Å². The van der Waals surface area contributed by atoms with Crippen molar-refractivity contribution >= 4 is 34.8 Å². The molecule has 0 aromatic heterocycles. The molecule has 0 saturated heterocycles. The van der Waals surface area contributed by atoms with Crippen molar-refractivity contribution in [3.63, 3.8) is 0 Å². The van der Waals surface area contributed by atoms with Crippen LogP contribution >= 0.6 is 0 Å². The van der Waals surface area contributed by atoms with Gasteiger partial charge in [-0.05, 0) is 30.3 Å². The fraction of sp³-hybridized carbons (Fsp3) is 0.143. The Hall–Kier alpha value is -4.15. The van der Waals surface area contributed by atoms with Gasteiger partial charge >= 0.3 is 12.1 Å². The van der Waals surface area contributed by atoms with E-state index in [9.17, 15) is 32.3 Å². The number of hydrogen-bond donors (Lipinski definition) is 2. The first kappa shape index (κ1) is 22.5. The zero-order chi connectivity index (χ0) is 23.3. The van der Waals surface area contributed by atoms with E-state index in [4.69, 9.17) is 9.47 Å². The SMILES string of the molecule is O=C1COc2ccc(C(=O)COC(=O)c3ccccc3NC=CC(=O)C(F)(F)F)cc2N1. The Kier molecular flexibility index (Phi) is 6.57. The summed E-state index contributed by atoms with van der Waals surface area (Å²) in [5.74, 6) is -3.50. The van der Waals surface area contributed by atoms with E-state index in [2.05, 4.69) is 10.6 Å². The summed E-state index contributed by atoms with van der Waals surface area (Å²) in [7, 11) is 0. The maximum absolute atomic E-state index is 12.4. The van der Waals surface area contributed by atoms with Gasteiger partial charge in [0, 0.05) is 17.8 Å². The Morgan fingerprint density at radius 2 is 1.91 bits per heavy atom. The van der Waals surface area contributed by atoms with Crippen molar-refractivity contribution in [1.29, 1.82) is 0 Å². The van der Waals surface area contributed by atoms with E-state index in [1.807, 2.05) is 0 Å². The third kappa shape index (κ3) is 5.50. The summed E-state index contributed by atoms with van der Waals surface area (Å²) < 4.78 is 47.0. The molecule has 2 aromatic rings. The fourth-order valence-corrected chi connectivity index (χ4v) is 2.64. The Morgan fingerprint density at radius 1 is 1.16 bits per heavy atom. The number of ketones is 2. The molecule has 1 amide bonds. The fourth-order valence-electron chi connectivity index (χ4n) is 2.64. The topological polar surface area (TPSA) is 111 Å². The highest BCUT2D eigenvalue weighted by atomic mass is 19.4. The van der Waals surface area contributed by atoms with Gasteiger partial charge in [-0.25, -0.2) is 4.79 Å². The number of carbonyl (C=O) groups is 4. The molecule has 0 unspecified atom stereocenters. The number of rotatable bonds is 7. The summed E-state index contributed by atoms with van der Waals surface area (Å²) in [6.07, 6.45) is -3.98. The molecule has 0 fully saturated rings. The number of fused-ring (bicyclic) bond motifs is 1. The van der Waals surface area contributed by atoms with Gasteiger partial charge in [0.1, 0.15) is 5.75 Å². The summed E-state index contributed by atoms with van der Waals surface area (Å²) in [6.45, 7) is -0.756. The first-order chi connectivity index (χ1) is 15.1. The minimum atomic E-state index is -5.01. The van der Waals surface area contributed by atoms with Gasteiger partial charge < -0.3 is 20.1 Å². The van der Waals surface area contributed by atoms with E-state index in [1.165, 1.54) is 42.5 Å². The van der Waals surface area contributed by atoms with Gasteiger partial charge in [0.05, 0.1) is 16.9 Å². The van der Waals surface area contributed by atoms with Gasteiger partial charge in [0.25, 0.3) is 11.7 Å². The van der Waals surface area contributed by atoms with Crippen LogP contribution in [-0.2, 0) is 14.3 Å². The normalized spacial score (nSPS) is 13.0. The molecule has 1 aliphatic heterocycles. The van der Waals surface area contributed by atoms with Crippen LogP contribution in [0, 0.1) is 0 Å². The standard InChI is InChI=1S/C21H15F3N2O6/c22-21(23,24)18(28)7-8-25-14-4-2-1-3-13(14)20(30)32-10-16(27)12-5-6-17-15(9-12)26-19(29)11-31-17/h1-9,25H,10-11H2,(H,26,29). The number of amides is 1. The van der Waals surface area contributed by atoms with Crippen LogP contribution in [-0.4, -0.2) is 42.8 Å². The monoisotopic (exact) mass is 448 g/mol. The molecule has 2 aromatic carbocycles. The van der Waals surface area contributed by atoms with Crippen LogP contribution in [0.3, 0.4) is 0 Å². The zero-order valence-corrected chi connectivity index (χ0v) is 16.2. The van der Waals surface area contributed by atoms with Crippen LogP contribution < -0.4 is 15.4 Å². The summed E-state index contributed by atoms with van der Waals surface area (Å²) in [4.78, 5) is 47.0. The summed E-state index contributed by atoms with van der Waals surface area (Å²) in [6, 6.07) is 10.0. The highest BCUT2D eigenvalue weighted by molar-refractivity contribution is 6.03. The van der Waals surface area contributed by atoms with Crippen LogP contribution in [0.2, 0.25) is 0 Å². The number of allylic oxidation sites excluding steroid dienone is 1. The lowest BCUT2D eigenvalue weighted by Crippen LogP contribution is -2.25. The minimum absolute atomic E-state index is 0.0597. The van der Waals surface area contributed by atoms with Gasteiger partial charge in [0.2, 0.25) is 0 Å². The molecule has 166 valence electrons. The lowest BCUT2D eigenvalue weighted by atomic mass is 10.1. The van der Waals surface area contributed by atoms with Crippen molar-refractivity contribution in [3.05, 3.63) is 65.9 Å². The third-order valence-electron chi connectivity index (χ3n) is 4.17. The summed E-state index contributed by atoms with van der Waals surface area (Å²) in [5.41, 5.74) is 0.496. The molecule has 1 aliphatic rings. The van der Waals surface area contributed by atoms with Crippen molar-refractivity contribution in [2.75, 3.05) is 23.8 Å². The molecule has 0 aliphatic carbocycles. The van der Waals surface area contributed by atoms with E-state index in [-0.39, 0.29) is 35.4 Å². The minimum Gasteiger partial charge on any atom is -0.482 e. The molecule has 0 bridgehead atoms. The number of esters is 1. The highest BCUT2D eigenvalue weighted by Gasteiger charge is 2.36. The largest absolute Gasteiger partial charge is 0.482 e. The predicted octanol–water partition coefficient (Wildman–Crippen LogP) is 3.11. The van der Waals surface area contributed by atoms with Crippen LogP contribution in [0.5, 0.6) is 5.75 Å². The maximum atomic E-state index is 12.4. The third-order valence-corrected chi connectivity index (χ3v) is 4.17. The van der Waals surface area contributed by atoms with Gasteiger partial charge in [-0.2, -0.15) is 13.2 Å². The molecule has 0 saturated carbocycles. The maximum Gasteiger partial charge on any atom is 0.454 e. The molecule has 3 rings (SSSR count). The molecule has 8 nitrogen and oxygen atoms in total. The Morgan fingerprint density at radius 3 is 2.66 bits per heavy atom. The first-order valence-electron chi connectivity index (χ1n) is 9.05. The number of anilines is 2.